The van der Waals surface area contributed by atoms with Crippen molar-refractivity contribution in [3.63, 3.8) is 0 Å². The molecule has 0 saturated carbocycles. The minimum atomic E-state index is -0.212. The monoisotopic (exact) mass is 407 g/mol. The SMILES string of the molecule is CC(CC(=O)NCCN(C)Cc1ccc(F)cc1)C1CCNCC1.Cl.Cl. The number of carbonyl (C=O) groups is 1. The number of rotatable bonds is 8. The zero-order valence-electron chi connectivity index (χ0n) is 15.7. The molecule has 1 aromatic rings. The van der Waals surface area contributed by atoms with E-state index in [-0.39, 0.29) is 36.5 Å². The van der Waals surface area contributed by atoms with Crippen LogP contribution in [0.4, 0.5) is 4.39 Å². The smallest absolute Gasteiger partial charge is 0.220 e. The molecule has 1 unspecified atom stereocenters. The standard InChI is InChI=1S/C19H30FN3O.2ClH/c1-15(17-7-9-21-10-8-17)13-19(24)22-11-12-23(2)14-16-3-5-18(20)6-4-16;;/h3-6,15,17,21H,7-14H2,1-2H3,(H,22,24);2*1H. The Morgan fingerprint density at radius 2 is 1.88 bits per heavy atom. The van der Waals surface area contributed by atoms with Gasteiger partial charge in [0.25, 0.3) is 0 Å². The Balaban J connectivity index is 0.00000312. The van der Waals surface area contributed by atoms with Crippen molar-refractivity contribution in [1.29, 1.82) is 0 Å². The van der Waals surface area contributed by atoms with Crippen LogP contribution in [0.25, 0.3) is 0 Å². The zero-order valence-corrected chi connectivity index (χ0v) is 17.3. The van der Waals surface area contributed by atoms with E-state index in [4.69, 9.17) is 0 Å². The largest absolute Gasteiger partial charge is 0.355 e. The van der Waals surface area contributed by atoms with E-state index >= 15 is 0 Å². The van der Waals surface area contributed by atoms with Crippen LogP contribution < -0.4 is 10.6 Å². The molecule has 2 N–H and O–H groups in total. The number of nitrogens with zero attached hydrogens (tertiary/aromatic N) is 1. The fourth-order valence-electron chi connectivity index (χ4n) is 3.31. The lowest BCUT2D eigenvalue weighted by molar-refractivity contribution is -0.122. The van der Waals surface area contributed by atoms with Crippen LogP contribution in [0.2, 0.25) is 0 Å². The molecule has 0 radical (unpaired) electrons. The molecule has 1 fully saturated rings. The van der Waals surface area contributed by atoms with Crippen LogP contribution in [0.3, 0.4) is 0 Å². The van der Waals surface area contributed by atoms with Gasteiger partial charge in [0.05, 0.1) is 0 Å². The second-order valence-corrected chi connectivity index (χ2v) is 6.98. The predicted octanol–water partition coefficient (Wildman–Crippen LogP) is 3.24. The Labute approximate surface area is 169 Å². The Kier molecular flexibility index (Phi) is 12.9. The van der Waals surface area contributed by atoms with Crippen molar-refractivity contribution in [2.45, 2.75) is 32.7 Å². The number of likely N-dealkylation sites (N-methyl/N-ethyl adjacent to an activating group) is 1. The second-order valence-electron chi connectivity index (χ2n) is 6.98. The quantitative estimate of drug-likeness (QED) is 0.694. The summed E-state index contributed by atoms with van der Waals surface area (Å²) in [6.45, 7) is 6.52. The van der Waals surface area contributed by atoms with Crippen LogP contribution in [0, 0.1) is 17.7 Å². The Morgan fingerprint density at radius 1 is 1.27 bits per heavy atom. The lowest BCUT2D eigenvalue weighted by Crippen LogP contribution is -2.36. The highest BCUT2D eigenvalue weighted by molar-refractivity contribution is 5.85. The molecule has 1 atom stereocenters. The molecule has 4 nitrogen and oxygen atoms in total. The van der Waals surface area contributed by atoms with Crippen molar-refractivity contribution < 1.29 is 9.18 Å². The van der Waals surface area contributed by atoms with Gasteiger partial charge in [0.1, 0.15) is 5.82 Å². The van der Waals surface area contributed by atoms with E-state index in [1.54, 1.807) is 12.1 Å². The van der Waals surface area contributed by atoms with Gasteiger partial charge in [-0.25, -0.2) is 4.39 Å². The number of hydrogen-bond acceptors (Lipinski definition) is 3. The first-order chi connectivity index (χ1) is 11.5. The van der Waals surface area contributed by atoms with Crippen LogP contribution in [0.15, 0.2) is 24.3 Å². The zero-order chi connectivity index (χ0) is 17.4. The third-order valence-electron chi connectivity index (χ3n) is 4.88. The van der Waals surface area contributed by atoms with Gasteiger partial charge < -0.3 is 15.5 Å². The number of piperidine rings is 1. The van der Waals surface area contributed by atoms with Gasteiger partial charge >= 0.3 is 0 Å². The maximum Gasteiger partial charge on any atom is 0.220 e. The number of halogens is 3. The molecular formula is C19H32Cl2FN3O. The summed E-state index contributed by atoms with van der Waals surface area (Å²) in [5.41, 5.74) is 1.07. The first-order valence-corrected chi connectivity index (χ1v) is 8.95. The summed E-state index contributed by atoms with van der Waals surface area (Å²) in [7, 11) is 2.01. The molecule has 1 aromatic carbocycles. The fourth-order valence-corrected chi connectivity index (χ4v) is 3.31. The summed E-state index contributed by atoms with van der Waals surface area (Å²) in [6, 6.07) is 6.55. The first kappa shape index (κ1) is 25.1. The molecule has 1 amide bonds. The Morgan fingerprint density at radius 3 is 2.50 bits per heavy atom. The van der Waals surface area contributed by atoms with Crippen molar-refractivity contribution >= 4 is 30.7 Å². The Hall–Kier alpha value is -0.880. The summed E-state index contributed by atoms with van der Waals surface area (Å²) in [5.74, 6) is 1.05. The minimum Gasteiger partial charge on any atom is -0.355 e. The lowest BCUT2D eigenvalue weighted by Gasteiger charge is -2.28. The van der Waals surface area contributed by atoms with Gasteiger partial charge in [0.2, 0.25) is 5.91 Å². The molecule has 7 heteroatoms. The van der Waals surface area contributed by atoms with Crippen LogP contribution in [-0.2, 0) is 11.3 Å². The molecule has 1 heterocycles. The molecular weight excluding hydrogens is 376 g/mol. The molecule has 26 heavy (non-hydrogen) atoms. The van der Waals surface area contributed by atoms with Crippen LogP contribution in [0.1, 0.15) is 31.7 Å². The number of hydrogen-bond donors (Lipinski definition) is 2. The average molecular weight is 408 g/mol. The average Bonchev–Trinajstić information content (AvgIpc) is 2.57. The number of benzene rings is 1. The van der Waals surface area contributed by atoms with Gasteiger partial charge in [0.15, 0.2) is 0 Å². The van der Waals surface area contributed by atoms with Gasteiger partial charge in [-0.15, -0.1) is 24.8 Å². The highest BCUT2D eigenvalue weighted by Crippen LogP contribution is 2.24. The number of amides is 1. The van der Waals surface area contributed by atoms with Crippen molar-refractivity contribution in [3.8, 4) is 0 Å². The van der Waals surface area contributed by atoms with Gasteiger partial charge in [-0.05, 0) is 62.5 Å². The fraction of sp³-hybridized carbons (Fsp3) is 0.632. The second kappa shape index (κ2) is 13.3. The molecule has 2 rings (SSSR count). The molecule has 0 spiro atoms. The molecule has 150 valence electrons. The Bertz CT molecular complexity index is 510. The molecule has 0 bridgehead atoms. The van der Waals surface area contributed by atoms with Crippen LogP contribution in [-0.4, -0.2) is 44.0 Å². The first-order valence-electron chi connectivity index (χ1n) is 8.95. The molecule has 0 aromatic heterocycles. The van der Waals surface area contributed by atoms with Crippen molar-refractivity contribution in [3.05, 3.63) is 35.6 Å². The van der Waals surface area contributed by atoms with E-state index in [1.165, 1.54) is 25.0 Å². The maximum absolute atomic E-state index is 12.9. The third-order valence-corrected chi connectivity index (χ3v) is 4.88. The molecule has 1 saturated heterocycles. The topological polar surface area (TPSA) is 44.4 Å². The molecule has 1 aliphatic rings. The number of carbonyl (C=O) groups excluding carboxylic acids is 1. The highest BCUT2D eigenvalue weighted by atomic mass is 35.5. The summed E-state index contributed by atoms with van der Waals surface area (Å²) < 4.78 is 12.9. The van der Waals surface area contributed by atoms with E-state index in [1.807, 2.05) is 7.05 Å². The van der Waals surface area contributed by atoms with Crippen LogP contribution >= 0.6 is 24.8 Å². The highest BCUT2D eigenvalue weighted by Gasteiger charge is 2.21. The number of nitrogens with one attached hydrogen (secondary N) is 2. The van der Waals surface area contributed by atoms with E-state index < -0.39 is 0 Å². The van der Waals surface area contributed by atoms with E-state index in [0.717, 1.165) is 31.7 Å². The van der Waals surface area contributed by atoms with Gasteiger partial charge in [0, 0.05) is 26.1 Å². The van der Waals surface area contributed by atoms with Gasteiger partial charge in [-0.1, -0.05) is 19.1 Å². The predicted molar refractivity (Wildman–Crippen MR) is 110 cm³/mol. The third kappa shape index (κ3) is 9.17. The summed E-state index contributed by atoms with van der Waals surface area (Å²) >= 11 is 0. The maximum atomic E-state index is 12.9. The van der Waals surface area contributed by atoms with Crippen LogP contribution in [0.5, 0.6) is 0 Å². The summed E-state index contributed by atoms with van der Waals surface area (Å²) in [4.78, 5) is 14.2. The normalized spacial score (nSPS) is 15.7. The van der Waals surface area contributed by atoms with E-state index in [0.29, 0.717) is 24.8 Å². The van der Waals surface area contributed by atoms with Gasteiger partial charge in [-0.3, -0.25) is 4.79 Å². The van der Waals surface area contributed by atoms with E-state index in [2.05, 4.69) is 22.5 Å². The molecule has 0 aliphatic carbocycles. The van der Waals surface area contributed by atoms with Gasteiger partial charge in [-0.2, -0.15) is 0 Å². The van der Waals surface area contributed by atoms with Crippen molar-refractivity contribution in [1.82, 2.24) is 15.5 Å². The van der Waals surface area contributed by atoms with Crippen molar-refractivity contribution in [2.24, 2.45) is 11.8 Å². The summed E-state index contributed by atoms with van der Waals surface area (Å²) in [5, 5.41) is 6.39. The summed E-state index contributed by atoms with van der Waals surface area (Å²) in [6.07, 6.45) is 2.97. The van der Waals surface area contributed by atoms with Crippen molar-refractivity contribution in [2.75, 3.05) is 33.2 Å². The lowest BCUT2D eigenvalue weighted by atomic mass is 9.84. The minimum absolute atomic E-state index is 0. The van der Waals surface area contributed by atoms with E-state index in [9.17, 15) is 9.18 Å². The molecule has 1 aliphatic heterocycles.